The van der Waals surface area contributed by atoms with Crippen LogP contribution in [0.5, 0.6) is 11.5 Å². The third-order valence-corrected chi connectivity index (χ3v) is 5.77. The summed E-state index contributed by atoms with van der Waals surface area (Å²) in [5.74, 6) is -0.361. The van der Waals surface area contributed by atoms with Crippen LogP contribution in [-0.2, 0) is 13.2 Å². The van der Waals surface area contributed by atoms with Crippen LogP contribution in [-0.4, -0.2) is 18.2 Å². The Labute approximate surface area is 192 Å². The predicted octanol–water partition coefficient (Wildman–Crippen LogP) is 6.45. The van der Waals surface area contributed by atoms with Crippen molar-refractivity contribution in [1.29, 1.82) is 0 Å². The zero-order valence-electron chi connectivity index (χ0n) is 16.8. The van der Waals surface area contributed by atoms with Gasteiger partial charge in [-0.05, 0) is 54.4 Å². The van der Waals surface area contributed by atoms with E-state index < -0.39 is 11.8 Å². The van der Waals surface area contributed by atoms with Gasteiger partial charge >= 0.3 is 5.97 Å². The van der Waals surface area contributed by atoms with Crippen LogP contribution in [0.1, 0.15) is 27.0 Å². The molecule has 0 atom stereocenters. The van der Waals surface area contributed by atoms with Crippen LogP contribution in [0.25, 0.3) is 0 Å². The number of carbonyl (C=O) groups is 1. The van der Waals surface area contributed by atoms with Gasteiger partial charge in [0.15, 0.2) is 11.5 Å². The van der Waals surface area contributed by atoms with Gasteiger partial charge in [0, 0.05) is 22.3 Å². The van der Waals surface area contributed by atoms with Crippen LogP contribution in [0.3, 0.4) is 0 Å². The lowest BCUT2D eigenvalue weighted by atomic mass is 10.1. The molecule has 0 saturated carbocycles. The number of hydrogen-bond donors (Lipinski definition) is 2. The molecule has 0 saturated heterocycles. The summed E-state index contributed by atoms with van der Waals surface area (Å²) in [6, 6.07) is 12.7. The number of benzene rings is 3. The monoisotopic (exact) mass is 507 g/mol. The largest absolute Gasteiger partial charge is 0.493 e. The summed E-state index contributed by atoms with van der Waals surface area (Å²) in [6.07, 6.45) is 0. The van der Waals surface area contributed by atoms with Gasteiger partial charge in [-0.3, -0.25) is 0 Å². The van der Waals surface area contributed by atoms with E-state index in [9.17, 15) is 14.3 Å². The maximum absolute atomic E-state index is 13.2. The first-order chi connectivity index (χ1) is 14.8. The average Bonchev–Trinajstić information content (AvgIpc) is 2.73. The maximum Gasteiger partial charge on any atom is 0.335 e. The first-order valence-corrected chi connectivity index (χ1v) is 10.5. The van der Waals surface area contributed by atoms with Gasteiger partial charge in [0.2, 0.25) is 0 Å². The number of carboxylic acid groups (broad SMARTS) is 1. The van der Waals surface area contributed by atoms with E-state index in [1.807, 2.05) is 13.0 Å². The van der Waals surface area contributed by atoms with Crippen LogP contribution < -0.4 is 14.8 Å². The third kappa shape index (κ3) is 5.68. The van der Waals surface area contributed by atoms with E-state index in [4.69, 9.17) is 21.1 Å². The van der Waals surface area contributed by atoms with E-state index >= 15 is 0 Å². The zero-order valence-corrected chi connectivity index (χ0v) is 19.2. The summed E-state index contributed by atoms with van der Waals surface area (Å²) in [6.45, 7) is 2.49. The smallest absolute Gasteiger partial charge is 0.335 e. The second kappa shape index (κ2) is 10.0. The minimum atomic E-state index is -0.978. The molecule has 0 aromatic heterocycles. The molecule has 0 fully saturated rings. The van der Waals surface area contributed by atoms with Crippen LogP contribution in [0.2, 0.25) is 5.02 Å². The molecule has 0 amide bonds. The molecule has 31 heavy (non-hydrogen) atoms. The Bertz CT molecular complexity index is 1120. The van der Waals surface area contributed by atoms with Crippen LogP contribution in [0.4, 0.5) is 10.1 Å². The number of aryl methyl sites for hydroxylation is 1. The molecule has 5 nitrogen and oxygen atoms in total. The Morgan fingerprint density at radius 1 is 1.13 bits per heavy atom. The Morgan fingerprint density at radius 3 is 2.58 bits per heavy atom. The molecule has 0 unspecified atom stereocenters. The van der Waals surface area contributed by atoms with Gasteiger partial charge in [-0.15, -0.1) is 0 Å². The normalized spacial score (nSPS) is 10.6. The van der Waals surface area contributed by atoms with Crippen molar-refractivity contribution >= 4 is 39.2 Å². The number of methoxy groups -OCH3 is 1. The van der Waals surface area contributed by atoms with Gasteiger partial charge < -0.3 is 19.9 Å². The van der Waals surface area contributed by atoms with E-state index in [0.717, 1.165) is 21.3 Å². The minimum absolute atomic E-state index is 0.153. The van der Waals surface area contributed by atoms with E-state index in [2.05, 4.69) is 21.2 Å². The van der Waals surface area contributed by atoms with E-state index in [1.54, 1.807) is 37.4 Å². The van der Waals surface area contributed by atoms with Crippen molar-refractivity contribution < 1.29 is 23.8 Å². The number of rotatable bonds is 8. The van der Waals surface area contributed by atoms with Gasteiger partial charge in [-0.2, -0.15) is 0 Å². The van der Waals surface area contributed by atoms with Gasteiger partial charge in [0.25, 0.3) is 0 Å². The minimum Gasteiger partial charge on any atom is -0.493 e. The molecule has 0 aliphatic carbocycles. The molecule has 8 heteroatoms. The second-order valence-electron chi connectivity index (χ2n) is 6.81. The average molecular weight is 509 g/mol. The maximum atomic E-state index is 13.2. The molecular formula is C23H20BrClFNO4. The van der Waals surface area contributed by atoms with Crippen molar-refractivity contribution in [1.82, 2.24) is 0 Å². The highest BCUT2D eigenvalue weighted by Gasteiger charge is 2.13. The number of ether oxygens (including phenoxy) is 2. The van der Waals surface area contributed by atoms with Crippen molar-refractivity contribution in [3.63, 3.8) is 0 Å². The molecule has 0 aliphatic heterocycles. The van der Waals surface area contributed by atoms with Gasteiger partial charge in [-0.25, -0.2) is 9.18 Å². The number of aromatic carboxylic acids is 1. The molecule has 0 bridgehead atoms. The number of anilines is 1. The molecule has 0 aliphatic rings. The summed E-state index contributed by atoms with van der Waals surface area (Å²) in [5, 5.41) is 12.8. The first-order valence-electron chi connectivity index (χ1n) is 9.29. The van der Waals surface area contributed by atoms with Crippen molar-refractivity contribution in [2.75, 3.05) is 12.4 Å². The van der Waals surface area contributed by atoms with Crippen molar-refractivity contribution in [2.45, 2.75) is 20.1 Å². The molecule has 162 valence electrons. The fraction of sp³-hybridized carbons (Fsp3) is 0.174. The number of halogens is 3. The molecule has 0 spiro atoms. The summed E-state index contributed by atoms with van der Waals surface area (Å²) in [7, 11) is 1.54. The van der Waals surface area contributed by atoms with Crippen molar-refractivity contribution in [2.24, 2.45) is 0 Å². The van der Waals surface area contributed by atoms with Gasteiger partial charge in [0.1, 0.15) is 12.4 Å². The molecule has 3 rings (SSSR count). The lowest BCUT2D eigenvalue weighted by molar-refractivity contribution is 0.0697. The number of carboxylic acids is 1. The Morgan fingerprint density at radius 2 is 1.90 bits per heavy atom. The summed E-state index contributed by atoms with van der Waals surface area (Å²) >= 11 is 9.61. The first kappa shape index (κ1) is 22.9. The fourth-order valence-corrected chi connectivity index (χ4v) is 3.60. The highest BCUT2D eigenvalue weighted by Crippen LogP contribution is 2.35. The Hall–Kier alpha value is -2.77. The van der Waals surface area contributed by atoms with E-state index in [1.165, 1.54) is 12.1 Å². The number of hydrogen-bond acceptors (Lipinski definition) is 4. The Balaban J connectivity index is 1.76. The second-order valence-corrected chi connectivity index (χ2v) is 8.07. The summed E-state index contributed by atoms with van der Waals surface area (Å²) in [5.41, 5.74) is 3.43. The highest BCUT2D eigenvalue weighted by molar-refractivity contribution is 9.10. The standard InChI is InChI=1S/C23H20BrClFNO4/c1-13-3-4-14(23(28)29)7-20(13)27-11-16-8-21(30-2)22(10-18(16)24)31-12-15-5-6-17(26)9-19(15)25/h3-10,27H,11-12H2,1-2H3,(H,28,29). The highest BCUT2D eigenvalue weighted by atomic mass is 79.9. The molecule has 0 radical (unpaired) electrons. The topological polar surface area (TPSA) is 67.8 Å². The molecule has 2 N–H and O–H groups in total. The van der Waals surface area contributed by atoms with Crippen molar-refractivity contribution in [3.8, 4) is 11.5 Å². The summed E-state index contributed by atoms with van der Waals surface area (Å²) in [4.78, 5) is 11.2. The quantitative estimate of drug-likeness (QED) is 0.366. The van der Waals surface area contributed by atoms with Gasteiger partial charge in [0.05, 0.1) is 17.7 Å². The third-order valence-electron chi connectivity index (χ3n) is 4.68. The van der Waals surface area contributed by atoms with E-state index in [-0.39, 0.29) is 17.2 Å². The Kier molecular flexibility index (Phi) is 7.41. The lowest BCUT2D eigenvalue weighted by Gasteiger charge is -2.16. The van der Waals surface area contributed by atoms with Gasteiger partial charge in [-0.1, -0.05) is 39.7 Å². The SMILES string of the molecule is COc1cc(CNc2cc(C(=O)O)ccc2C)c(Br)cc1OCc1ccc(F)cc1Cl. The number of nitrogens with one attached hydrogen (secondary N) is 1. The summed E-state index contributed by atoms with van der Waals surface area (Å²) < 4.78 is 25.3. The van der Waals surface area contributed by atoms with Crippen LogP contribution in [0.15, 0.2) is 53.0 Å². The molecule has 0 heterocycles. The molecule has 3 aromatic carbocycles. The van der Waals surface area contributed by atoms with Crippen molar-refractivity contribution in [3.05, 3.63) is 86.1 Å². The predicted molar refractivity (Wildman–Crippen MR) is 122 cm³/mol. The molecule has 3 aromatic rings. The zero-order chi connectivity index (χ0) is 22.5. The van der Waals surface area contributed by atoms with Crippen LogP contribution >= 0.6 is 27.5 Å². The van der Waals surface area contributed by atoms with E-state index in [0.29, 0.717) is 23.6 Å². The lowest BCUT2D eigenvalue weighted by Crippen LogP contribution is -2.05. The molecular weight excluding hydrogens is 489 g/mol. The van der Waals surface area contributed by atoms with Crippen LogP contribution in [0, 0.1) is 12.7 Å². The fourth-order valence-electron chi connectivity index (χ4n) is 2.92.